The fraction of sp³-hybridized carbons (Fsp3) is 0.263. The van der Waals surface area contributed by atoms with Gasteiger partial charge >= 0.3 is 5.97 Å². The van der Waals surface area contributed by atoms with Crippen molar-refractivity contribution in [1.82, 2.24) is 0 Å². The van der Waals surface area contributed by atoms with Crippen LogP contribution < -0.4 is 14.8 Å². The summed E-state index contributed by atoms with van der Waals surface area (Å²) in [6.07, 6.45) is 0.0873. The Morgan fingerprint density at radius 2 is 1.80 bits per heavy atom. The number of methoxy groups -OCH3 is 2. The highest BCUT2D eigenvalue weighted by Gasteiger charge is 2.16. The van der Waals surface area contributed by atoms with Gasteiger partial charge in [0.15, 0.2) is 0 Å². The smallest absolute Gasteiger partial charge is 0.310 e. The normalized spacial score (nSPS) is 10.0. The average Bonchev–Trinajstić information content (AvgIpc) is 2.62. The van der Waals surface area contributed by atoms with Gasteiger partial charge in [0, 0.05) is 11.8 Å². The molecular formula is C19H21NO5. The number of para-hydroxylation sites is 1. The third-order valence-corrected chi connectivity index (χ3v) is 3.56. The third kappa shape index (κ3) is 4.73. The quantitative estimate of drug-likeness (QED) is 0.782. The Labute approximate surface area is 146 Å². The van der Waals surface area contributed by atoms with E-state index in [0.717, 1.165) is 0 Å². The van der Waals surface area contributed by atoms with Crippen molar-refractivity contribution in [2.75, 3.05) is 26.1 Å². The molecule has 0 unspecified atom stereocenters. The van der Waals surface area contributed by atoms with Gasteiger partial charge in [0.2, 0.25) is 0 Å². The minimum atomic E-state index is -0.341. The molecule has 0 radical (unpaired) electrons. The molecule has 0 aliphatic rings. The van der Waals surface area contributed by atoms with Gasteiger partial charge in [-0.05, 0) is 30.7 Å². The van der Waals surface area contributed by atoms with Crippen LogP contribution in [0.4, 0.5) is 5.69 Å². The van der Waals surface area contributed by atoms with Crippen LogP contribution in [-0.2, 0) is 16.0 Å². The van der Waals surface area contributed by atoms with E-state index in [0.29, 0.717) is 34.9 Å². The zero-order valence-corrected chi connectivity index (χ0v) is 14.5. The fourth-order valence-corrected chi connectivity index (χ4v) is 2.34. The van der Waals surface area contributed by atoms with Gasteiger partial charge in [0.05, 0.1) is 32.8 Å². The highest BCUT2D eigenvalue weighted by Crippen LogP contribution is 2.26. The van der Waals surface area contributed by atoms with E-state index < -0.39 is 0 Å². The zero-order chi connectivity index (χ0) is 18.2. The Balaban J connectivity index is 2.22. The molecule has 6 nitrogen and oxygen atoms in total. The first-order valence-corrected chi connectivity index (χ1v) is 7.86. The van der Waals surface area contributed by atoms with Crippen molar-refractivity contribution in [1.29, 1.82) is 0 Å². The summed E-state index contributed by atoms with van der Waals surface area (Å²) in [5.41, 5.74) is 1.61. The summed E-state index contributed by atoms with van der Waals surface area (Å²) in [6.45, 7) is 2.07. The van der Waals surface area contributed by atoms with Crippen LogP contribution in [0.25, 0.3) is 0 Å². The molecule has 0 heterocycles. The van der Waals surface area contributed by atoms with Gasteiger partial charge in [-0.15, -0.1) is 0 Å². The van der Waals surface area contributed by atoms with E-state index in [4.69, 9.17) is 14.2 Å². The molecule has 6 heteroatoms. The summed E-state index contributed by atoms with van der Waals surface area (Å²) in [5, 5.41) is 2.82. The third-order valence-electron chi connectivity index (χ3n) is 3.56. The molecule has 0 spiro atoms. The van der Waals surface area contributed by atoms with Crippen molar-refractivity contribution in [2.24, 2.45) is 0 Å². The Bertz CT molecular complexity index is 757. The highest BCUT2D eigenvalue weighted by atomic mass is 16.5. The second-order valence-electron chi connectivity index (χ2n) is 5.16. The molecule has 0 fully saturated rings. The molecule has 0 aromatic heterocycles. The molecule has 132 valence electrons. The summed E-state index contributed by atoms with van der Waals surface area (Å²) in [5.74, 6) is 0.317. The lowest BCUT2D eigenvalue weighted by molar-refractivity contribution is -0.142. The second-order valence-corrected chi connectivity index (χ2v) is 5.16. The number of carbonyl (C=O) groups excluding carboxylic acids is 2. The standard InChI is InChI=1S/C19H21NO5/c1-4-25-18(21)11-13-7-5-6-8-16(13)20-19(22)15-10-9-14(23-2)12-17(15)24-3/h5-10,12H,4,11H2,1-3H3,(H,20,22). The number of hydrogen-bond acceptors (Lipinski definition) is 5. The molecular weight excluding hydrogens is 322 g/mol. The van der Waals surface area contributed by atoms with Gasteiger partial charge in [0.25, 0.3) is 5.91 Å². The van der Waals surface area contributed by atoms with Crippen LogP contribution in [0.1, 0.15) is 22.8 Å². The minimum absolute atomic E-state index is 0.0873. The summed E-state index contributed by atoms with van der Waals surface area (Å²) < 4.78 is 15.4. The summed E-state index contributed by atoms with van der Waals surface area (Å²) in [7, 11) is 3.03. The van der Waals surface area contributed by atoms with Gasteiger partial charge in [-0.1, -0.05) is 18.2 Å². The Morgan fingerprint density at radius 1 is 1.04 bits per heavy atom. The van der Waals surface area contributed by atoms with Crippen molar-refractivity contribution < 1.29 is 23.8 Å². The lowest BCUT2D eigenvalue weighted by atomic mass is 10.1. The maximum atomic E-state index is 12.6. The molecule has 2 aromatic rings. The lowest BCUT2D eigenvalue weighted by Gasteiger charge is -2.13. The number of hydrogen-bond donors (Lipinski definition) is 1. The van der Waals surface area contributed by atoms with Crippen molar-refractivity contribution in [2.45, 2.75) is 13.3 Å². The van der Waals surface area contributed by atoms with Crippen molar-refractivity contribution in [3.63, 3.8) is 0 Å². The number of carbonyl (C=O) groups is 2. The van der Waals surface area contributed by atoms with Crippen LogP contribution in [-0.4, -0.2) is 32.7 Å². The van der Waals surface area contributed by atoms with Crippen molar-refractivity contribution >= 4 is 17.6 Å². The average molecular weight is 343 g/mol. The van der Waals surface area contributed by atoms with Crippen LogP contribution in [0.5, 0.6) is 11.5 Å². The Morgan fingerprint density at radius 3 is 2.48 bits per heavy atom. The van der Waals surface area contributed by atoms with Gasteiger partial charge in [-0.2, -0.15) is 0 Å². The van der Waals surface area contributed by atoms with Gasteiger partial charge in [-0.25, -0.2) is 0 Å². The van der Waals surface area contributed by atoms with E-state index in [1.807, 2.05) is 0 Å². The number of anilines is 1. The second kappa shape index (κ2) is 8.73. The number of ether oxygens (including phenoxy) is 3. The highest BCUT2D eigenvalue weighted by molar-refractivity contribution is 6.06. The summed E-state index contributed by atoms with van der Waals surface area (Å²) in [4.78, 5) is 24.3. The molecule has 0 aliphatic carbocycles. The molecule has 2 aromatic carbocycles. The molecule has 0 bridgehead atoms. The zero-order valence-electron chi connectivity index (χ0n) is 14.5. The molecule has 2 rings (SSSR count). The van der Waals surface area contributed by atoms with Gasteiger partial charge in [0.1, 0.15) is 11.5 Å². The summed E-state index contributed by atoms with van der Waals surface area (Å²) in [6, 6.07) is 12.1. The van der Waals surface area contributed by atoms with E-state index in [1.165, 1.54) is 7.11 Å². The molecule has 0 aliphatic heterocycles. The maximum absolute atomic E-state index is 12.6. The molecule has 0 saturated carbocycles. The number of rotatable bonds is 7. The van der Waals surface area contributed by atoms with E-state index in [9.17, 15) is 9.59 Å². The first-order valence-electron chi connectivity index (χ1n) is 7.86. The Kier molecular flexibility index (Phi) is 6.39. The molecule has 1 N–H and O–H groups in total. The van der Waals surface area contributed by atoms with Crippen LogP contribution in [0, 0.1) is 0 Å². The van der Waals surface area contributed by atoms with E-state index >= 15 is 0 Å². The van der Waals surface area contributed by atoms with Gasteiger partial charge < -0.3 is 19.5 Å². The van der Waals surface area contributed by atoms with Crippen LogP contribution in [0.15, 0.2) is 42.5 Å². The predicted octanol–water partition coefficient (Wildman–Crippen LogP) is 3.06. The van der Waals surface area contributed by atoms with Crippen LogP contribution in [0.2, 0.25) is 0 Å². The topological polar surface area (TPSA) is 73.9 Å². The van der Waals surface area contributed by atoms with E-state index in [2.05, 4.69) is 5.32 Å². The largest absolute Gasteiger partial charge is 0.497 e. The van der Waals surface area contributed by atoms with E-state index in [-0.39, 0.29) is 18.3 Å². The summed E-state index contributed by atoms with van der Waals surface area (Å²) >= 11 is 0. The van der Waals surface area contributed by atoms with Crippen LogP contribution in [0.3, 0.4) is 0 Å². The number of amides is 1. The minimum Gasteiger partial charge on any atom is -0.497 e. The SMILES string of the molecule is CCOC(=O)Cc1ccccc1NC(=O)c1ccc(OC)cc1OC. The maximum Gasteiger partial charge on any atom is 0.310 e. The molecule has 0 saturated heterocycles. The number of nitrogens with one attached hydrogen (secondary N) is 1. The first-order chi connectivity index (χ1) is 12.1. The predicted molar refractivity (Wildman–Crippen MR) is 94.3 cm³/mol. The molecule has 0 atom stereocenters. The molecule has 1 amide bonds. The Hall–Kier alpha value is -3.02. The first kappa shape index (κ1) is 18.3. The van der Waals surface area contributed by atoms with Crippen LogP contribution >= 0.6 is 0 Å². The number of esters is 1. The van der Waals surface area contributed by atoms with E-state index in [1.54, 1.807) is 56.5 Å². The van der Waals surface area contributed by atoms with Crippen molar-refractivity contribution in [3.8, 4) is 11.5 Å². The monoisotopic (exact) mass is 343 g/mol. The fourth-order valence-electron chi connectivity index (χ4n) is 2.34. The molecule has 25 heavy (non-hydrogen) atoms. The van der Waals surface area contributed by atoms with Gasteiger partial charge in [-0.3, -0.25) is 9.59 Å². The number of benzene rings is 2. The lowest BCUT2D eigenvalue weighted by Crippen LogP contribution is -2.16. The van der Waals surface area contributed by atoms with Crippen molar-refractivity contribution in [3.05, 3.63) is 53.6 Å².